The second kappa shape index (κ2) is 7.00. The molecular weight excluding hydrogens is 282 g/mol. The van der Waals surface area contributed by atoms with Gasteiger partial charge in [-0.3, -0.25) is 0 Å². The fraction of sp³-hybridized carbons (Fsp3) is 0.500. The lowest BCUT2D eigenvalue weighted by molar-refractivity contribution is 0.317. The molecule has 1 saturated carbocycles. The number of nitrogens with zero attached hydrogens (tertiary/aromatic N) is 2. The highest BCUT2D eigenvalue weighted by atomic mass is 32.1. The van der Waals surface area contributed by atoms with E-state index in [-0.39, 0.29) is 0 Å². The summed E-state index contributed by atoms with van der Waals surface area (Å²) < 4.78 is 5.67. The molecule has 5 heteroatoms. The van der Waals surface area contributed by atoms with Crippen molar-refractivity contribution in [3.05, 3.63) is 29.3 Å². The summed E-state index contributed by atoms with van der Waals surface area (Å²) in [7, 11) is 0. The van der Waals surface area contributed by atoms with E-state index in [0.29, 0.717) is 0 Å². The molecule has 2 aromatic rings. The number of hydrogen-bond acceptors (Lipinski definition) is 5. The lowest BCUT2D eigenvalue weighted by Gasteiger charge is -2.05. The van der Waals surface area contributed by atoms with E-state index in [0.717, 1.165) is 53.4 Å². The van der Waals surface area contributed by atoms with Crippen LogP contribution in [-0.4, -0.2) is 29.4 Å². The van der Waals surface area contributed by atoms with Crippen molar-refractivity contribution in [2.24, 2.45) is 0 Å². The van der Waals surface area contributed by atoms with Gasteiger partial charge in [0.05, 0.1) is 6.61 Å². The Hall–Kier alpha value is -1.46. The maximum absolute atomic E-state index is 5.67. The average molecular weight is 303 g/mol. The van der Waals surface area contributed by atoms with Crippen molar-refractivity contribution >= 4 is 11.3 Å². The minimum absolute atomic E-state index is 0.748. The number of ether oxygens (including phenoxy) is 1. The second-order valence-electron chi connectivity index (χ2n) is 5.36. The van der Waals surface area contributed by atoms with E-state index in [4.69, 9.17) is 4.74 Å². The second-order valence-corrected chi connectivity index (χ2v) is 6.42. The molecule has 0 radical (unpaired) electrons. The summed E-state index contributed by atoms with van der Waals surface area (Å²) in [4.78, 5) is 0. The van der Waals surface area contributed by atoms with Crippen LogP contribution < -0.4 is 10.1 Å². The first-order valence-corrected chi connectivity index (χ1v) is 8.46. The van der Waals surface area contributed by atoms with Crippen LogP contribution in [0.15, 0.2) is 24.3 Å². The third-order valence-corrected chi connectivity index (χ3v) is 4.40. The maximum Gasteiger partial charge on any atom is 0.147 e. The van der Waals surface area contributed by atoms with E-state index in [1.165, 1.54) is 12.8 Å². The molecule has 1 aliphatic rings. The Balaban J connectivity index is 1.61. The van der Waals surface area contributed by atoms with Crippen LogP contribution >= 0.6 is 11.3 Å². The Bertz CT molecular complexity index is 580. The van der Waals surface area contributed by atoms with E-state index in [1.807, 2.05) is 18.2 Å². The lowest BCUT2D eigenvalue weighted by Crippen LogP contribution is -2.19. The first kappa shape index (κ1) is 14.5. The van der Waals surface area contributed by atoms with E-state index < -0.39 is 0 Å². The molecule has 0 atom stereocenters. The minimum Gasteiger partial charge on any atom is -0.494 e. The zero-order valence-corrected chi connectivity index (χ0v) is 13.2. The van der Waals surface area contributed by atoms with E-state index in [1.54, 1.807) is 11.3 Å². The van der Waals surface area contributed by atoms with Gasteiger partial charge in [-0.25, -0.2) is 0 Å². The number of hydrogen-bond donors (Lipinski definition) is 1. The van der Waals surface area contributed by atoms with E-state index in [2.05, 4.69) is 28.5 Å². The normalized spacial score (nSPS) is 14.3. The molecular formula is C16H21N3OS. The van der Waals surface area contributed by atoms with Crippen LogP contribution in [0.5, 0.6) is 5.75 Å². The van der Waals surface area contributed by atoms with Crippen molar-refractivity contribution < 1.29 is 4.74 Å². The summed E-state index contributed by atoms with van der Waals surface area (Å²) in [6.45, 7) is 3.85. The molecule has 0 aliphatic heterocycles. The van der Waals surface area contributed by atoms with Crippen LogP contribution in [0, 0.1) is 0 Å². The van der Waals surface area contributed by atoms with Crippen LogP contribution in [-0.2, 0) is 6.42 Å². The van der Waals surface area contributed by atoms with E-state index >= 15 is 0 Å². The predicted octanol–water partition coefficient (Wildman–Crippen LogP) is 3.29. The van der Waals surface area contributed by atoms with Gasteiger partial charge in [-0.2, -0.15) is 0 Å². The largest absolute Gasteiger partial charge is 0.494 e. The summed E-state index contributed by atoms with van der Waals surface area (Å²) in [6, 6.07) is 8.86. The molecule has 0 unspecified atom stereocenters. The summed E-state index contributed by atoms with van der Waals surface area (Å²) in [5.74, 6) is 0.904. The van der Waals surface area contributed by atoms with Gasteiger partial charge < -0.3 is 10.1 Å². The van der Waals surface area contributed by atoms with Gasteiger partial charge >= 0.3 is 0 Å². The first-order valence-electron chi connectivity index (χ1n) is 7.64. The van der Waals surface area contributed by atoms with Crippen LogP contribution in [0.25, 0.3) is 10.6 Å². The third-order valence-electron chi connectivity index (χ3n) is 3.37. The molecule has 1 heterocycles. The van der Waals surface area contributed by atoms with Gasteiger partial charge in [-0.15, -0.1) is 10.2 Å². The Morgan fingerprint density at radius 2 is 2.24 bits per heavy atom. The molecule has 0 bridgehead atoms. The van der Waals surface area contributed by atoms with Crippen molar-refractivity contribution in [3.63, 3.8) is 0 Å². The van der Waals surface area contributed by atoms with Gasteiger partial charge in [0.15, 0.2) is 0 Å². The molecule has 3 rings (SSSR count). The number of benzene rings is 1. The highest BCUT2D eigenvalue weighted by Crippen LogP contribution is 2.27. The molecule has 1 aromatic carbocycles. The van der Waals surface area contributed by atoms with Crippen molar-refractivity contribution in [2.75, 3.05) is 13.2 Å². The molecule has 1 fully saturated rings. The van der Waals surface area contributed by atoms with Gasteiger partial charge in [0.25, 0.3) is 0 Å². The zero-order valence-electron chi connectivity index (χ0n) is 12.3. The highest BCUT2D eigenvalue weighted by Gasteiger charge is 2.19. The number of aromatic nitrogens is 2. The molecule has 0 saturated heterocycles. The van der Waals surface area contributed by atoms with Gasteiger partial charge in [0.1, 0.15) is 15.8 Å². The standard InChI is InChI=1S/C16H21N3OS/c1-2-10-20-14-5-3-4-12(11-14)16-19-18-15(21-16)8-9-17-13-6-7-13/h3-5,11,13,17H,2,6-10H2,1H3. The van der Waals surface area contributed by atoms with Crippen molar-refractivity contribution in [2.45, 2.75) is 38.6 Å². The molecule has 0 spiro atoms. The summed E-state index contributed by atoms with van der Waals surface area (Å²) >= 11 is 1.67. The van der Waals surface area contributed by atoms with Crippen LogP contribution in [0.3, 0.4) is 0 Å². The van der Waals surface area contributed by atoms with Crippen molar-refractivity contribution in [1.82, 2.24) is 15.5 Å². The fourth-order valence-electron chi connectivity index (χ4n) is 2.08. The monoisotopic (exact) mass is 303 g/mol. The highest BCUT2D eigenvalue weighted by molar-refractivity contribution is 7.14. The van der Waals surface area contributed by atoms with E-state index in [9.17, 15) is 0 Å². The quantitative estimate of drug-likeness (QED) is 0.813. The Morgan fingerprint density at radius 3 is 3.05 bits per heavy atom. The molecule has 1 aliphatic carbocycles. The minimum atomic E-state index is 0.748. The van der Waals surface area contributed by atoms with Crippen molar-refractivity contribution in [3.8, 4) is 16.3 Å². The van der Waals surface area contributed by atoms with Gasteiger partial charge in [0.2, 0.25) is 0 Å². The molecule has 0 amide bonds. The molecule has 4 nitrogen and oxygen atoms in total. The third kappa shape index (κ3) is 4.25. The first-order chi connectivity index (χ1) is 10.3. The molecule has 1 N–H and O–H groups in total. The average Bonchev–Trinajstić information content (AvgIpc) is 3.21. The summed E-state index contributed by atoms with van der Waals surface area (Å²) in [5.41, 5.74) is 1.09. The van der Waals surface area contributed by atoms with Crippen LogP contribution in [0.1, 0.15) is 31.2 Å². The topological polar surface area (TPSA) is 47.0 Å². The molecule has 21 heavy (non-hydrogen) atoms. The Labute approximate surface area is 129 Å². The Morgan fingerprint density at radius 1 is 1.33 bits per heavy atom. The lowest BCUT2D eigenvalue weighted by atomic mass is 10.2. The molecule has 112 valence electrons. The fourth-order valence-corrected chi connectivity index (χ4v) is 2.92. The zero-order chi connectivity index (χ0) is 14.5. The summed E-state index contributed by atoms with van der Waals surface area (Å²) in [5, 5.41) is 14.2. The van der Waals surface area contributed by atoms with Crippen LogP contribution in [0.2, 0.25) is 0 Å². The SMILES string of the molecule is CCCOc1cccc(-c2nnc(CCNC3CC3)s2)c1. The van der Waals surface area contributed by atoms with Crippen LogP contribution in [0.4, 0.5) is 0 Å². The summed E-state index contributed by atoms with van der Waals surface area (Å²) in [6.07, 6.45) is 4.62. The van der Waals surface area contributed by atoms with Gasteiger partial charge in [-0.05, 0) is 31.4 Å². The number of rotatable bonds is 8. The van der Waals surface area contributed by atoms with Gasteiger partial charge in [-0.1, -0.05) is 30.4 Å². The van der Waals surface area contributed by atoms with Crippen molar-refractivity contribution in [1.29, 1.82) is 0 Å². The maximum atomic E-state index is 5.67. The smallest absolute Gasteiger partial charge is 0.147 e. The van der Waals surface area contributed by atoms with Gasteiger partial charge in [0, 0.05) is 24.6 Å². The Kier molecular flexibility index (Phi) is 4.83. The predicted molar refractivity (Wildman–Crippen MR) is 85.9 cm³/mol. The number of nitrogens with one attached hydrogen (secondary N) is 1. The molecule has 1 aromatic heterocycles.